The number of nitrogens with one attached hydrogen (secondary N) is 2. The summed E-state index contributed by atoms with van der Waals surface area (Å²) in [5, 5.41) is 2.69. The van der Waals surface area contributed by atoms with Gasteiger partial charge >= 0.3 is 0 Å². The minimum atomic E-state index is -3.62. The molecule has 0 aliphatic carbocycles. The van der Waals surface area contributed by atoms with E-state index in [2.05, 4.69) is 10.0 Å². The van der Waals surface area contributed by atoms with Gasteiger partial charge in [-0.1, -0.05) is 17.7 Å². The molecule has 8 nitrogen and oxygen atoms in total. The summed E-state index contributed by atoms with van der Waals surface area (Å²) in [6.07, 6.45) is 1.26. The van der Waals surface area contributed by atoms with Gasteiger partial charge in [-0.15, -0.1) is 0 Å². The molecule has 152 valence electrons. The molecule has 1 amide bonds. The lowest BCUT2D eigenvalue weighted by molar-refractivity contribution is -0.126. The van der Waals surface area contributed by atoms with E-state index in [4.69, 9.17) is 0 Å². The van der Waals surface area contributed by atoms with Crippen LogP contribution in [-0.2, 0) is 24.8 Å². The average Bonchev–Trinajstić information content (AvgIpc) is 2.65. The van der Waals surface area contributed by atoms with Crippen LogP contribution < -0.4 is 10.0 Å². The van der Waals surface area contributed by atoms with Crippen LogP contribution in [0.2, 0.25) is 0 Å². The maximum Gasteiger partial charge on any atom is 0.240 e. The molecule has 2 rings (SSSR count). The van der Waals surface area contributed by atoms with Crippen LogP contribution in [0.15, 0.2) is 29.2 Å². The Labute approximate surface area is 161 Å². The van der Waals surface area contributed by atoms with Crippen LogP contribution in [0.3, 0.4) is 0 Å². The number of sulfonamides is 2. The van der Waals surface area contributed by atoms with Crippen molar-refractivity contribution < 1.29 is 21.6 Å². The molecule has 0 bridgehead atoms. The van der Waals surface area contributed by atoms with E-state index in [0.29, 0.717) is 19.4 Å². The summed E-state index contributed by atoms with van der Waals surface area (Å²) in [5.41, 5.74) is 0.966. The van der Waals surface area contributed by atoms with E-state index < -0.39 is 26.0 Å². The molecule has 1 heterocycles. The highest BCUT2D eigenvalue weighted by molar-refractivity contribution is 7.89. The van der Waals surface area contributed by atoms with Crippen molar-refractivity contribution in [1.82, 2.24) is 14.3 Å². The molecular formula is C17H27N3O5S2. The van der Waals surface area contributed by atoms with Crippen molar-refractivity contribution in [2.24, 2.45) is 5.92 Å². The smallest absolute Gasteiger partial charge is 0.240 e. The number of nitrogens with zero attached hydrogens (tertiary/aromatic N) is 1. The predicted octanol–water partition coefficient (Wildman–Crippen LogP) is 0.451. The second-order valence-corrected chi connectivity index (χ2v) is 10.6. The zero-order valence-electron chi connectivity index (χ0n) is 15.6. The fourth-order valence-electron chi connectivity index (χ4n) is 2.91. The van der Waals surface area contributed by atoms with Crippen LogP contribution in [0, 0.1) is 12.8 Å². The van der Waals surface area contributed by atoms with Gasteiger partial charge in [0.2, 0.25) is 26.0 Å². The van der Waals surface area contributed by atoms with Crippen molar-refractivity contribution in [3.05, 3.63) is 29.8 Å². The molecule has 1 aromatic rings. The Morgan fingerprint density at radius 2 is 1.81 bits per heavy atom. The molecule has 0 saturated carbocycles. The van der Waals surface area contributed by atoms with Gasteiger partial charge in [-0.25, -0.2) is 25.9 Å². The van der Waals surface area contributed by atoms with Gasteiger partial charge < -0.3 is 5.32 Å². The van der Waals surface area contributed by atoms with Gasteiger partial charge in [-0.05, 0) is 38.8 Å². The molecule has 2 N–H and O–H groups in total. The Kier molecular flexibility index (Phi) is 7.38. The summed E-state index contributed by atoms with van der Waals surface area (Å²) in [4.78, 5) is 12.5. The summed E-state index contributed by atoms with van der Waals surface area (Å²) in [5.74, 6) is -0.642. The van der Waals surface area contributed by atoms with Crippen LogP contribution >= 0.6 is 0 Å². The van der Waals surface area contributed by atoms with Crippen molar-refractivity contribution in [2.45, 2.75) is 31.6 Å². The molecular weight excluding hydrogens is 390 g/mol. The lowest BCUT2D eigenvalue weighted by Crippen LogP contribution is -2.46. The summed E-state index contributed by atoms with van der Waals surface area (Å²) in [6, 6.07) is 6.49. The quantitative estimate of drug-likeness (QED) is 0.597. The minimum Gasteiger partial charge on any atom is -0.355 e. The highest BCUT2D eigenvalue weighted by Gasteiger charge is 2.31. The SMILES string of the molecule is CCS(=O)(=O)N1CCC[C@@H](C(=O)NCCNS(=O)(=O)c2ccc(C)cc2)C1. The molecule has 27 heavy (non-hydrogen) atoms. The number of rotatable bonds is 8. The van der Waals surface area contributed by atoms with Gasteiger partial charge in [0.1, 0.15) is 0 Å². The first-order chi connectivity index (χ1) is 12.7. The third-order valence-corrected chi connectivity index (χ3v) is 7.89. The van der Waals surface area contributed by atoms with Crippen LogP contribution in [0.25, 0.3) is 0 Å². The molecule has 1 fully saturated rings. The topological polar surface area (TPSA) is 113 Å². The van der Waals surface area contributed by atoms with E-state index in [1.54, 1.807) is 19.1 Å². The van der Waals surface area contributed by atoms with Crippen molar-refractivity contribution >= 4 is 26.0 Å². The Bertz CT molecular complexity index is 851. The number of hydrogen-bond acceptors (Lipinski definition) is 5. The average molecular weight is 418 g/mol. The maximum absolute atomic E-state index is 12.3. The van der Waals surface area contributed by atoms with Gasteiger partial charge in [0.05, 0.1) is 16.6 Å². The standard InChI is InChI=1S/C17H27N3O5S2/c1-3-26(22,23)20-12-4-5-15(13-20)17(21)18-10-11-19-27(24,25)16-8-6-14(2)7-9-16/h6-9,15,19H,3-5,10-13H2,1-2H3,(H,18,21)/t15-/m1/s1. The van der Waals surface area contributed by atoms with Crippen LogP contribution in [0.5, 0.6) is 0 Å². The van der Waals surface area contributed by atoms with Gasteiger partial charge in [-0.3, -0.25) is 4.79 Å². The van der Waals surface area contributed by atoms with Crippen LogP contribution in [0.1, 0.15) is 25.3 Å². The van der Waals surface area contributed by atoms with Gasteiger partial charge in [-0.2, -0.15) is 0 Å². The second kappa shape index (κ2) is 9.13. The molecule has 1 saturated heterocycles. The monoisotopic (exact) mass is 417 g/mol. The summed E-state index contributed by atoms with van der Waals surface area (Å²) in [7, 11) is -6.92. The number of benzene rings is 1. The van der Waals surface area contributed by atoms with Crippen molar-refractivity contribution in [3.63, 3.8) is 0 Å². The summed E-state index contributed by atoms with van der Waals surface area (Å²) < 4.78 is 52.1. The fourth-order valence-corrected chi connectivity index (χ4v) is 5.12. The number of carbonyl (C=O) groups is 1. The first-order valence-electron chi connectivity index (χ1n) is 8.97. The van der Waals surface area contributed by atoms with E-state index in [1.807, 2.05) is 6.92 Å². The Balaban J connectivity index is 1.81. The van der Waals surface area contributed by atoms with Crippen LogP contribution in [-0.4, -0.2) is 59.0 Å². The van der Waals surface area contributed by atoms with E-state index in [1.165, 1.54) is 16.4 Å². The lowest BCUT2D eigenvalue weighted by Gasteiger charge is -2.30. The van der Waals surface area contributed by atoms with E-state index in [0.717, 1.165) is 5.56 Å². The van der Waals surface area contributed by atoms with Crippen LogP contribution in [0.4, 0.5) is 0 Å². The number of carbonyl (C=O) groups excluding carboxylic acids is 1. The Hall–Kier alpha value is -1.49. The largest absolute Gasteiger partial charge is 0.355 e. The summed E-state index contributed by atoms with van der Waals surface area (Å²) in [6.45, 7) is 4.27. The first-order valence-corrected chi connectivity index (χ1v) is 12.1. The molecule has 1 aliphatic heterocycles. The number of hydrogen-bond donors (Lipinski definition) is 2. The molecule has 0 unspecified atom stereocenters. The molecule has 1 atom stereocenters. The van der Waals surface area contributed by atoms with E-state index in [9.17, 15) is 21.6 Å². The Morgan fingerprint density at radius 1 is 1.15 bits per heavy atom. The Morgan fingerprint density at radius 3 is 2.44 bits per heavy atom. The van der Waals surface area contributed by atoms with E-state index >= 15 is 0 Å². The van der Waals surface area contributed by atoms with E-state index in [-0.39, 0.29) is 36.2 Å². The lowest BCUT2D eigenvalue weighted by atomic mass is 9.99. The van der Waals surface area contributed by atoms with Gasteiger partial charge in [0, 0.05) is 26.2 Å². The normalized spacial score (nSPS) is 19.0. The minimum absolute atomic E-state index is 0.0160. The fraction of sp³-hybridized carbons (Fsp3) is 0.588. The first kappa shape index (κ1) is 21.8. The molecule has 0 radical (unpaired) electrons. The third kappa shape index (κ3) is 6.00. The molecule has 10 heteroatoms. The second-order valence-electron chi connectivity index (χ2n) is 6.60. The predicted molar refractivity (Wildman–Crippen MR) is 103 cm³/mol. The summed E-state index contributed by atoms with van der Waals surface area (Å²) >= 11 is 0. The molecule has 1 aliphatic rings. The number of amides is 1. The zero-order chi connectivity index (χ0) is 20.1. The zero-order valence-corrected chi connectivity index (χ0v) is 17.3. The highest BCUT2D eigenvalue weighted by Crippen LogP contribution is 2.19. The van der Waals surface area contributed by atoms with Gasteiger partial charge in [0.15, 0.2) is 0 Å². The number of piperidine rings is 1. The molecule has 0 aromatic heterocycles. The number of aryl methyl sites for hydroxylation is 1. The van der Waals surface area contributed by atoms with Gasteiger partial charge in [0.25, 0.3) is 0 Å². The van der Waals surface area contributed by atoms with Crippen molar-refractivity contribution in [3.8, 4) is 0 Å². The third-order valence-electron chi connectivity index (χ3n) is 4.56. The van der Waals surface area contributed by atoms with Crippen molar-refractivity contribution in [1.29, 1.82) is 0 Å². The van der Waals surface area contributed by atoms with Crippen molar-refractivity contribution in [2.75, 3.05) is 31.9 Å². The maximum atomic E-state index is 12.3. The highest BCUT2D eigenvalue weighted by atomic mass is 32.2. The molecule has 1 aromatic carbocycles. The molecule has 0 spiro atoms.